The van der Waals surface area contributed by atoms with Gasteiger partial charge in [-0.1, -0.05) is 36.4 Å². The normalized spacial score (nSPS) is 10.7. The molecule has 0 spiro atoms. The van der Waals surface area contributed by atoms with E-state index in [0.717, 1.165) is 11.1 Å². The van der Waals surface area contributed by atoms with Crippen molar-refractivity contribution in [3.05, 3.63) is 59.7 Å². The van der Waals surface area contributed by atoms with Gasteiger partial charge >= 0.3 is 0 Å². The van der Waals surface area contributed by atoms with E-state index in [9.17, 15) is 0 Å². The van der Waals surface area contributed by atoms with Crippen molar-refractivity contribution in [2.24, 2.45) is 0 Å². The van der Waals surface area contributed by atoms with E-state index in [1.165, 1.54) is 0 Å². The maximum atomic E-state index is 5.95. The van der Waals surface area contributed by atoms with Gasteiger partial charge in [-0.05, 0) is 12.1 Å². The predicted octanol–water partition coefficient (Wildman–Crippen LogP) is 2.75. The summed E-state index contributed by atoms with van der Waals surface area (Å²) in [5.74, 6) is 0. The van der Waals surface area contributed by atoms with Crippen molar-refractivity contribution in [3.63, 3.8) is 0 Å². The molecule has 0 fully saturated rings. The molecule has 0 aliphatic rings. The van der Waals surface area contributed by atoms with Crippen molar-refractivity contribution >= 4 is 20.8 Å². The van der Waals surface area contributed by atoms with Crippen molar-refractivity contribution in [2.45, 2.75) is 6.10 Å². The van der Waals surface area contributed by atoms with Gasteiger partial charge in [0.1, 0.15) is 6.10 Å². The molecule has 4 heteroatoms. The highest BCUT2D eigenvalue weighted by molar-refractivity contribution is 7.09. The summed E-state index contributed by atoms with van der Waals surface area (Å²) in [5, 5.41) is 0. The Labute approximate surface area is 103 Å². The SMILES string of the molecule is Nc1ccccc1C(OP)c1ccccc1N. The molecular weight excluding hydrogens is 231 g/mol. The molecular formula is C13H15N2OP. The summed E-state index contributed by atoms with van der Waals surface area (Å²) in [6, 6.07) is 15.2. The van der Waals surface area contributed by atoms with Crippen LogP contribution in [-0.2, 0) is 4.52 Å². The number of hydrogen-bond donors (Lipinski definition) is 2. The second-order valence-corrected chi connectivity index (χ2v) is 4.05. The van der Waals surface area contributed by atoms with E-state index in [2.05, 4.69) is 9.47 Å². The third-order valence-corrected chi connectivity index (χ3v) is 2.97. The van der Waals surface area contributed by atoms with Crippen molar-refractivity contribution in [2.75, 3.05) is 11.5 Å². The number of para-hydroxylation sites is 2. The Morgan fingerprint density at radius 1 is 0.824 bits per heavy atom. The Morgan fingerprint density at radius 2 is 1.24 bits per heavy atom. The molecule has 0 aromatic heterocycles. The maximum absolute atomic E-state index is 5.95. The Balaban J connectivity index is 2.48. The average molecular weight is 246 g/mol. The largest absolute Gasteiger partial charge is 0.398 e. The molecule has 0 radical (unpaired) electrons. The highest BCUT2D eigenvalue weighted by Crippen LogP contribution is 2.34. The Bertz CT molecular complexity index is 471. The van der Waals surface area contributed by atoms with Crippen LogP contribution in [0.4, 0.5) is 11.4 Å². The number of rotatable bonds is 3. The van der Waals surface area contributed by atoms with Crippen LogP contribution >= 0.6 is 9.47 Å². The van der Waals surface area contributed by atoms with Gasteiger partial charge in [0.15, 0.2) is 0 Å². The molecule has 0 aliphatic carbocycles. The topological polar surface area (TPSA) is 61.3 Å². The fourth-order valence-corrected chi connectivity index (χ4v) is 2.11. The fraction of sp³-hybridized carbons (Fsp3) is 0.0769. The number of benzene rings is 2. The number of nitrogens with two attached hydrogens (primary N) is 2. The zero-order chi connectivity index (χ0) is 12.3. The van der Waals surface area contributed by atoms with Crippen molar-refractivity contribution < 1.29 is 4.52 Å². The summed E-state index contributed by atoms with van der Waals surface area (Å²) >= 11 is 0. The third-order valence-electron chi connectivity index (χ3n) is 2.69. The summed E-state index contributed by atoms with van der Waals surface area (Å²) in [5.41, 5.74) is 15.1. The van der Waals surface area contributed by atoms with Gasteiger partial charge in [0.2, 0.25) is 0 Å². The lowest BCUT2D eigenvalue weighted by Crippen LogP contribution is -2.07. The lowest BCUT2D eigenvalue weighted by atomic mass is 9.99. The van der Waals surface area contributed by atoms with E-state index in [0.29, 0.717) is 11.4 Å². The van der Waals surface area contributed by atoms with Gasteiger partial charge in [-0.15, -0.1) is 0 Å². The molecule has 3 nitrogen and oxygen atoms in total. The van der Waals surface area contributed by atoms with Crippen molar-refractivity contribution in [1.29, 1.82) is 0 Å². The van der Waals surface area contributed by atoms with Gasteiger partial charge in [0.05, 0.1) is 0 Å². The Morgan fingerprint density at radius 3 is 1.59 bits per heavy atom. The van der Waals surface area contributed by atoms with Gasteiger partial charge < -0.3 is 16.0 Å². The number of hydrogen-bond acceptors (Lipinski definition) is 3. The first kappa shape index (κ1) is 11.9. The molecule has 0 heterocycles. The maximum Gasteiger partial charge on any atom is 0.115 e. The quantitative estimate of drug-likeness (QED) is 0.646. The van der Waals surface area contributed by atoms with Crippen LogP contribution in [0.1, 0.15) is 17.2 Å². The first-order valence-electron chi connectivity index (χ1n) is 5.28. The van der Waals surface area contributed by atoms with E-state index in [4.69, 9.17) is 16.0 Å². The number of anilines is 2. The molecule has 0 bridgehead atoms. The minimum absolute atomic E-state index is 0.262. The molecule has 17 heavy (non-hydrogen) atoms. The van der Waals surface area contributed by atoms with Gasteiger partial charge in [0.25, 0.3) is 0 Å². The summed E-state index contributed by atoms with van der Waals surface area (Å²) in [7, 11) is 2.27. The lowest BCUT2D eigenvalue weighted by Gasteiger charge is -2.19. The Hall–Kier alpha value is -1.57. The van der Waals surface area contributed by atoms with Crippen LogP contribution in [0.15, 0.2) is 48.5 Å². The summed E-state index contributed by atoms with van der Waals surface area (Å²) in [6.07, 6.45) is -0.262. The van der Waals surface area contributed by atoms with Crippen molar-refractivity contribution in [1.82, 2.24) is 0 Å². The highest BCUT2D eigenvalue weighted by atomic mass is 31.0. The van der Waals surface area contributed by atoms with Crippen LogP contribution in [0.3, 0.4) is 0 Å². The van der Waals surface area contributed by atoms with Crippen molar-refractivity contribution in [3.8, 4) is 0 Å². The first-order valence-corrected chi connectivity index (χ1v) is 5.75. The molecule has 0 aliphatic heterocycles. The number of nitrogen functional groups attached to an aromatic ring is 2. The van der Waals surface area contributed by atoms with E-state index in [1.807, 2.05) is 48.5 Å². The van der Waals surface area contributed by atoms with Crippen LogP contribution in [0.2, 0.25) is 0 Å². The molecule has 88 valence electrons. The molecule has 2 rings (SSSR count). The highest BCUT2D eigenvalue weighted by Gasteiger charge is 2.17. The molecule has 0 saturated heterocycles. The van der Waals surface area contributed by atoms with E-state index in [1.54, 1.807) is 0 Å². The fourth-order valence-electron chi connectivity index (χ4n) is 1.81. The standard InChI is InChI=1S/C13H15N2OP/c14-11-7-3-1-5-9(11)13(16-17)10-6-2-4-8-12(10)15/h1-8,13H,14-15,17H2. The van der Waals surface area contributed by atoms with Crippen LogP contribution < -0.4 is 11.5 Å². The molecule has 0 saturated carbocycles. The first-order chi connectivity index (χ1) is 8.24. The Kier molecular flexibility index (Phi) is 3.62. The molecule has 1 atom stereocenters. The second-order valence-electron chi connectivity index (χ2n) is 3.77. The zero-order valence-electron chi connectivity index (χ0n) is 9.34. The van der Waals surface area contributed by atoms with Crippen LogP contribution in [-0.4, -0.2) is 0 Å². The second kappa shape index (κ2) is 5.17. The minimum atomic E-state index is -0.262. The van der Waals surface area contributed by atoms with E-state index >= 15 is 0 Å². The molecule has 0 amide bonds. The van der Waals surface area contributed by atoms with Gasteiger partial charge in [-0.2, -0.15) is 0 Å². The monoisotopic (exact) mass is 246 g/mol. The molecule has 2 aromatic carbocycles. The van der Waals surface area contributed by atoms with Crippen LogP contribution in [0.5, 0.6) is 0 Å². The van der Waals surface area contributed by atoms with Gasteiger partial charge in [-0.3, -0.25) is 0 Å². The third kappa shape index (κ3) is 2.41. The van der Waals surface area contributed by atoms with Gasteiger partial charge in [-0.25, -0.2) is 0 Å². The van der Waals surface area contributed by atoms with E-state index in [-0.39, 0.29) is 6.10 Å². The average Bonchev–Trinajstić information content (AvgIpc) is 2.34. The van der Waals surface area contributed by atoms with E-state index < -0.39 is 0 Å². The lowest BCUT2D eigenvalue weighted by molar-refractivity contribution is 0.295. The predicted molar refractivity (Wildman–Crippen MR) is 74.3 cm³/mol. The summed E-state index contributed by atoms with van der Waals surface area (Å²) in [6.45, 7) is 0. The van der Waals surface area contributed by atoms with Crippen LogP contribution in [0, 0.1) is 0 Å². The van der Waals surface area contributed by atoms with Crippen LogP contribution in [0.25, 0.3) is 0 Å². The zero-order valence-corrected chi connectivity index (χ0v) is 10.5. The molecule has 1 unspecified atom stereocenters. The molecule has 2 aromatic rings. The smallest absolute Gasteiger partial charge is 0.115 e. The minimum Gasteiger partial charge on any atom is -0.398 e. The summed E-state index contributed by atoms with van der Waals surface area (Å²) in [4.78, 5) is 0. The summed E-state index contributed by atoms with van der Waals surface area (Å²) < 4.78 is 5.44. The molecule has 4 N–H and O–H groups in total. The van der Waals surface area contributed by atoms with Gasteiger partial charge in [0, 0.05) is 32.0 Å².